The lowest BCUT2D eigenvalue weighted by molar-refractivity contribution is -0.253. The molecule has 0 bridgehead atoms. The van der Waals surface area contributed by atoms with E-state index in [0.717, 1.165) is 54.1 Å². The Morgan fingerprint density at radius 1 is 0.515 bits per heavy atom. The molecule has 0 heterocycles. The molecule has 5 nitrogen and oxygen atoms in total. The lowest BCUT2D eigenvalue weighted by Crippen LogP contribution is -2.50. The van der Waals surface area contributed by atoms with Crippen LogP contribution in [-0.4, -0.2) is 34.0 Å². The standard InChI is InChI=1S/C26H25F6NO2S.C22H17F6NO/c1-24(2,3)36(34)33-25(16-17-7-5-4-6-8-17,18-9-11-20(27)12-10-18)19-13-21(28)15-22(14-19)35-26(31,32)23(29)30;23-17-8-6-15(7-9-17)21(29,13-14-4-2-1-3-5-14)16-10-18(24)12-19(11-16)30-22(27,28)20(25)26/h4-15,23,33H,16H2,1-3H3;1-12,20H,13,29H2/t25-,36-;21-/m11/s1. The zero-order valence-corrected chi connectivity index (χ0v) is 36.0. The fraction of sp³-hybridized carbons (Fsp3) is 0.250. The van der Waals surface area contributed by atoms with E-state index in [1.807, 2.05) is 0 Å². The number of hydrogen-bond acceptors (Lipinski definition) is 4. The lowest BCUT2D eigenvalue weighted by atomic mass is 9.78. The Morgan fingerprint density at radius 3 is 1.33 bits per heavy atom. The highest BCUT2D eigenvalue weighted by molar-refractivity contribution is 7.84. The van der Waals surface area contributed by atoms with Gasteiger partial charge in [0.2, 0.25) is 0 Å². The van der Waals surface area contributed by atoms with Gasteiger partial charge in [0, 0.05) is 12.1 Å². The van der Waals surface area contributed by atoms with Gasteiger partial charge in [-0.1, -0.05) is 84.9 Å². The topological polar surface area (TPSA) is 73.6 Å². The molecule has 0 saturated carbocycles. The summed E-state index contributed by atoms with van der Waals surface area (Å²) in [5.74, 6) is -4.80. The van der Waals surface area contributed by atoms with Crippen molar-refractivity contribution in [2.75, 3.05) is 0 Å². The van der Waals surface area contributed by atoms with E-state index in [9.17, 15) is 56.9 Å². The van der Waals surface area contributed by atoms with Crippen LogP contribution in [0.4, 0.5) is 52.7 Å². The molecule has 0 unspecified atom stereocenters. The highest BCUT2D eigenvalue weighted by Crippen LogP contribution is 2.40. The highest BCUT2D eigenvalue weighted by Gasteiger charge is 2.46. The van der Waals surface area contributed by atoms with Crippen LogP contribution in [0.2, 0.25) is 0 Å². The van der Waals surface area contributed by atoms with E-state index in [1.165, 1.54) is 24.3 Å². The summed E-state index contributed by atoms with van der Waals surface area (Å²) < 4.78 is 185. The molecule has 18 heteroatoms. The van der Waals surface area contributed by atoms with Crippen LogP contribution in [-0.2, 0) is 34.9 Å². The van der Waals surface area contributed by atoms with Crippen LogP contribution in [0.15, 0.2) is 146 Å². The van der Waals surface area contributed by atoms with Crippen molar-refractivity contribution < 1.29 is 66.4 Å². The van der Waals surface area contributed by atoms with Crippen LogP contribution >= 0.6 is 0 Å². The maximum absolute atomic E-state index is 14.7. The second-order valence-electron chi connectivity index (χ2n) is 16.0. The quantitative estimate of drug-likeness (QED) is 0.0948. The molecule has 3 atom stereocenters. The lowest BCUT2D eigenvalue weighted by Gasteiger charge is -2.38. The molecule has 3 N–H and O–H groups in total. The molecule has 66 heavy (non-hydrogen) atoms. The second kappa shape index (κ2) is 20.8. The molecule has 6 aromatic rings. The summed E-state index contributed by atoms with van der Waals surface area (Å²) >= 11 is 0. The first-order chi connectivity index (χ1) is 30.8. The Morgan fingerprint density at radius 2 is 0.909 bits per heavy atom. The van der Waals surface area contributed by atoms with Gasteiger partial charge in [0.1, 0.15) is 34.8 Å². The number of hydrogen-bond donors (Lipinski definition) is 2. The molecule has 0 aliphatic rings. The number of nitrogens with two attached hydrogens (primary N) is 1. The summed E-state index contributed by atoms with van der Waals surface area (Å²) in [6.45, 7) is 5.08. The summed E-state index contributed by atoms with van der Waals surface area (Å²) in [7, 11) is -1.80. The third-order valence-corrected chi connectivity index (χ3v) is 11.6. The van der Waals surface area contributed by atoms with Crippen LogP contribution in [0.1, 0.15) is 54.2 Å². The molecule has 0 saturated heterocycles. The van der Waals surface area contributed by atoms with Crippen molar-refractivity contribution in [3.63, 3.8) is 0 Å². The van der Waals surface area contributed by atoms with E-state index in [-0.39, 0.29) is 24.0 Å². The van der Waals surface area contributed by atoms with Crippen molar-refractivity contribution in [1.82, 2.24) is 4.72 Å². The van der Waals surface area contributed by atoms with Crippen molar-refractivity contribution in [1.29, 1.82) is 0 Å². The SMILES string of the molecule is CC(C)(C)[S@@](=O)N[C@](Cc1ccccc1)(c1ccc(F)cc1)c1cc(F)cc(OC(F)(F)C(F)F)c1.N[C@](Cc1ccccc1)(c1ccc(F)cc1)c1cc(F)cc(OC(F)(F)C(F)F)c1. The van der Waals surface area contributed by atoms with E-state index in [4.69, 9.17) is 5.73 Å². The Labute approximate surface area is 375 Å². The molecule has 0 aromatic heterocycles. The number of nitrogens with one attached hydrogen (secondary N) is 1. The third-order valence-electron chi connectivity index (χ3n) is 9.92. The van der Waals surface area contributed by atoms with Gasteiger partial charge in [-0.2, -0.15) is 35.1 Å². The average Bonchev–Trinajstić information content (AvgIpc) is 3.23. The molecule has 0 fully saturated rings. The minimum Gasteiger partial charge on any atom is -0.428 e. The highest BCUT2D eigenvalue weighted by atomic mass is 32.2. The van der Waals surface area contributed by atoms with Gasteiger partial charge in [-0.25, -0.2) is 26.5 Å². The average molecular weight is 955 g/mol. The maximum Gasteiger partial charge on any atom is 0.461 e. The van der Waals surface area contributed by atoms with E-state index in [0.29, 0.717) is 28.8 Å². The molecule has 0 spiro atoms. The van der Waals surface area contributed by atoms with Gasteiger partial charge in [0.05, 0.1) is 26.8 Å². The number of rotatable bonds is 16. The fourth-order valence-electron chi connectivity index (χ4n) is 6.66. The summed E-state index contributed by atoms with van der Waals surface area (Å²) in [5, 5.41) is 0. The molecular weight excluding hydrogens is 913 g/mol. The van der Waals surface area contributed by atoms with Crippen LogP contribution in [0.25, 0.3) is 0 Å². The van der Waals surface area contributed by atoms with Crippen molar-refractivity contribution in [2.24, 2.45) is 5.73 Å². The number of halogens is 12. The zero-order valence-electron chi connectivity index (χ0n) is 35.2. The summed E-state index contributed by atoms with van der Waals surface area (Å²) in [6, 6.07) is 32.8. The summed E-state index contributed by atoms with van der Waals surface area (Å²) in [5.41, 5.74) is 5.63. The molecule has 0 radical (unpaired) electrons. The first kappa shape index (κ1) is 51.1. The third kappa shape index (κ3) is 12.9. The van der Waals surface area contributed by atoms with E-state index in [2.05, 4.69) is 14.2 Å². The molecule has 0 aliphatic carbocycles. The first-order valence-corrected chi connectivity index (χ1v) is 20.9. The number of ether oxygens (including phenoxy) is 2. The van der Waals surface area contributed by atoms with Gasteiger partial charge in [0.15, 0.2) is 0 Å². The van der Waals surface area contributed by atoms with Crippen LogP contribution in [0, 0.1) is 23.3 Å². The van der Waals surface area contributed by atoms with Crippen LogP contribution < -0.4 is 19.9 Å². The monoisotopic (exact) mass is 954 g/mol. The smallest absolute Gasteiger partial charge is 0.428 e. The molecule has 0 aliphatic heterocycles. The Kier molecular flexibility index (Phi) is 16.1. The predicted octanol–water partition coefficient (Wildman–Crippen LogP) is 12.4. The van der Waals surface area contributed by atoms with Crippen molar-refractivity contribution >= 4 is 11.0 Å². The fourth-order valence-corrected chi connectivity index (χ4v) is 7.59. The molecule has 6 rings (SSSR count). The van der Waals surface area contributed by atoms with E-state index < -0.39 is 86.6 Å². The van der Waals surface area contributed by atoms with E-state index in [1.54, 1.807) is 81.4 Å². The van der Waals surface area contributed by atoms with Crippen LogP contribution in [0.3, 0.4) is 0 Å². The number of alkyl halides is 8. The minimum absolute atomic E-state index is 0.00183. The summed E-state index contributed by atoms with van der Waals surface area (Å²) in [6.07, 6.45) is -17.8. The van der Waals surface area contributed by atoms with Gasteiger partial charge >= 0.3 is 25.1 Å². The largest absolute Gasteiger partial charge is 0.461 e. The molecule has 0 amide bonds. The summed E-state index contributed by atoms with van der Waals surface area (Å²) in [4.78, 5) is 0. The first-order valence-electron chi connectivity index (χ1n) is 19.7. The van der Waals surface area contributed by atoms with Gasteiger partial charge in [-0.3, -0.25) is 0 Å². The van der Waals surface area contributed by atoms with Crippen molar-refractivity contribution in [3.05, 3.63) is 202 Å². The Hall–Kier alpha value is -5.85. The van der Waals surface area contributed by atoms with Crippen molar-refractivity contribution in [3.8, 4) is 11.5 Å². The van der Waals surface area contributed by atoms with Gasteiger partial charge in [-0.15, -0.1) is 0 Å². The molecule has 352 valence electrons. The number of benzene rings is 6. The van der Waals surface area contributed by atoms with Gasteiger partial charge in [-0.05, 0) is 116 Å². The molecular formula is C48H42F12N2O3S. The Bertz CT molecular complexity index is 2550. The predicted molar refractivity (Wildman–Crippen MR) is 226 cm³/mol. The van der Waals surface area contributed by atoms with Crippen LogP contribution in [0.5, 0.6) is 11.5 Å². The zero-order chi connectivity index (χ0) is 48.7. The normalized spacial score (nSPS) is 14.5. The molecule has 6 aromatic carbocycles. The second-order valence-corrected chi connectivity index (χ2v) is 17.9. The Balaban J connectivity index is 0.000000251. The van der Waals surface area contributed by atoms with Crippen molar-refractivity contribution in [2.45, 2.75) is 74.5 Å². The van der Waals surface area contributed by atoms with E-state index >= 15 is 0 Å². The van der Waals surface area contributed by atoms with Gasteiger partial charge < -0.3 is 15.2 Å². The maximum atomic E-state index is 14.7. The minimum atomic E-state index is -4.87. The van der Waals surface area contributed by atoms with Gasteiger partial charge in [0.25, 0.3) is 0 Å².